The Morgan fingerprint density at radius 3 is 2.36 bits per heavy atom. The fourth-order valence-electron chi connectivity index (χ4n) is 1.69. The molecule has 14 heavy (non-hydrogen) atoms. The Labute approximate surface area is 88.0 Å². The van der Waals surface area contributed by atoms with Gasteiger partial charge in [0.15, 0.2) is 5.79 Å². The molecule has 1 rings (SSSR count). The SMILES string of the molecule is CC(C)C(C)CCC1COC(C)(C)O1. The van der Waals surface area contributed by atoms with E-state index in [4.69, 9.17) is 9.47 Å². The van der Waals surface area contributed by atoms with Crippen molar-refractivity contribution in [2.24, 2.45) is 11.8 Å². The van der Waals surface area contributed by atoms with Crippen LogP contribution in [0.1, 0.15) is 47.5 Å². The van der Waals surface area contributed by atoms with E-state index >= 15 is 0 Å². The highest BCUT2D eigenvalue weighted by Crippen LogP contribution is 2.27. The van der Waals surface area contributed by atoms with E-state index in [1.807, 2.05) is 13.8 Å². The molecule has 0 aromatic rings. The van der Waals surface area contributed by atoms with E-state index < -0.39 is 0 Å². The molecule has 2 atom stereocenters. The summed E-state index contributed by atoms with van der Waals surface area (Å²) in [5, 5.41) is 0. The summed E-state index contributed by atoms with van der Waals surface area (Å²) in [5.74, 6) is 1.19. The zero-order chi connectivity index (χ0) is 10.8. The molecule has 1 aliphatic heterocycles. The molecule has 0 spiro atoms. The Morgan fingerprint density at radius 1 is 1.29 bits per heavy atom. The van der Waals surface area contributed by atoms with Crippen LogP contribution in [0.2, 0.25) is 0 Å². The Kier molecular flexibility index (Phi) is 3.96. The molecule has 1 heterocycles. The summed E-state index contributed by atoms with van der Waals surface area (Å²) < 4.78 is 11.3. The van der Waals surface area contributed by atoms with Gasteiger partial charge in [-0.3, -0.25) is 0 Å². The van der Waals surface area contributed by atoms with Crippen LogP contribution in [0, 0.1) is 11.8 Å². The molecule has 2 heteroatoms. The van der Waals surface area contributed by atoms with Gasteiger partial charge in [-0.1, -0.05) is 20.8 Å². The van der Waals surface area contributed by atoms with Crippen molar-refractivity contribution >= 4 is 0 Å². The van der Waals surface area contributed by atoms with E-state index in [-0.39, 0.29) is 5.79 Å². The van der Waals surface area contributed by atoms with Crippen molar-refractivity contribution in [2.75, 3.05) is 6.61 Å². The van der Waals surface area contributed by atoms with Crippen molar-refractivity contribution in [3.8, 4) is 0 Å². The van der Waals surface area contributed by atoms with Gasteiger partial charge in [0.2, 0.25) is 0 Å². The first-order chi connectivity index (χ1) is 6.41. The predicted octanol–water partition coefficient (Wildman–Crippen LogP) is 3.21. The van der Waals surface area contributed by atoms with Crippen LogP contribution in [-0.2, 0) is 9.47 Å². The fraction of sp³-hybridized carbons (Fsp3) is 1.00. The summed E-state index contributed by atoms with van der Waals surface area (Å²) in [4.78, 5) is 0. The monoisotopic (exact) mass is 200 g/mol. The minimum atomic E-state index is -0.355. The van der Waals surface area contributed by atoms with Crippen LogP contribution in [0.15, 0.2) is 0 Å². The molecular weight excluding hydrogens is 176 g/mol. The molecule has 1 saturated heterocycles. The first-order valence-electron chi connectivity index (χ1n) is 5.72. The molecule has 2 nitrogen and oxygen atoms in total. The maximum Gasteiger partial charge on any atom is 0.163 e. The van der Waals surface area contributed by atoms with Crippen molar-refractivity contribution in [2.45, 2.75) is 59.4 Å². The van der Waals surface area contributed by atoms with E-state index in [0.717, 1.165) is 24.9 Å². The first-order valence-corrected chi connectivity index (χ1v) is 5.72. The summed E-state index contributed by atoms with van der Waals surface area (Å²) in [6.45, 7) is 11.6. The van der Waals surface area contributed by atoms with Gasteiger partial charge in [-0.25, -0.2) is 0 Å². The summed E-state index contributed by atoms with van der Waals surface area (Å²) in [5.41, 5.74) is 0. The number of hydrogen-bond donors (Lipinski definition) is 0. The average molecular weight is 200 g/mol. The zero-order valence-corrected chi connectivity index (χ0v) is 10.2. The Balaban J connectivity index is 2.21. The van der Waals surface area contributed by atoms with Gasteiger partial charge in [0, 0.05) is 0 Å². The van der Waals surface area contributed by atoms with Crippen molar-refractivity contribution in [3.05, 3.63) is 0 Å². The Hall–Kier alpha value is -0.0800. The quantitative estimate of drug-likeness (QED) is 0.693. The van der Waals surface area contributed by atoms with Crippen LogP contribution in [0.25, 0.3) is 0 Å². The normalized spacial score (nSPS) is 28.3. The summed E-state index contributed by atoms with van der Waals surface area (Å²) >= 11 is 0. The van der Waals surface area contributed by atoms with Gasteiger partial charge in [-0.15, -0.1) is 0 Å². The van der Waals surface area contributed by atoms with Gasteiger partial charge >= 0.3 is 0 Å². The standard InChI is InChI=1S/C12H24O2/c1-9(2)10(3)6-7-11-8-13-12(4,5)14-11/h9-11H,6-8H2,1-5H3. The van der Waals surface area contributed by atoms with Gasteiger partial charge < -0.3 is 9.47 Å². The lowest BCUT2D eigenvalue weighted by molar-refractivity contribution is -0.139. The lowest BCUT2D eigenvalue weighted by atomic mass is 9.92. The lowest BCUT2D eigenvalue weighted by Gasteiger charge is -2.19. The van der Waals surface area contributed by atoms with Crippen LogP contribution >= 0.6 is 0 Å². The van der Waals surface area contributed by atoms with Crippen molar-refractivity contribution in [3.63, 3.8) is 0 Å². The molecule has 0 aromatic heterocycles. The Morgan fingerprint density at radius 2 is 1.93 bits per heavy atom. The molecule has 2 unspecified atom stereocenters. The highest BCUT2D eigenvalue weighted by Gasteiger charge is 2.32. The third kappa shape index (κ3) is 3.58. The van der Waals surface area contributed by atoms with Crippen LogP contribution < -0.4 is 0 Å². The van der Waals surface area contributed by atoms with Gasteiger partial charge in [0.1, 0.15) is 0 Å². The summed E-state index contributed by atoms with van der Waals surface area (Å²) in [7, 11) is 0. The molecule has 84 valence electrons. The van der Waals surface area contributed by atoms with Gasteiger partial charge in [0.25, 0.3) is 0 Å². The van der Waals surface area contributed by atoms with Gasteiger partial charge in [-0.05, 0) is 38.5 Å². The lowest BCUT2D eigenvalue weighted by Crippen LogP contribution is -2.21. The second kappa shape index (κ2) is 4.63. The molecule has 0 radical (unpaired) electrons. The molecular formula is C12H24O2. The minimum Gasteiger partial charge on any atom is -0.348 e. The topological polar surface area (TPSA) is 18.5 Å². The number of ether oxygens (including phenoxy) is 2. The Bertz CT molecular complexity index is 175. The van der Waals surface area contributed by atoms with E-state index in [2.05, 4.69) is 20.8 Å². The maximum atomic E-state index is 5.76. The third-order valence-corrected chi connectivity index (χ3v) is 3.15. The molecule has 0 amide bonds. The second-order valence-corrected chi connectivity index (χ2v) is 5.25. The van der Waals surface area contributed by atoms with E-state index in [1.165, 1.54) is 6.42 Å². The van der Waals surface area contributed by atoms with E-state index in [0.29, 0.717) is 6.10 Å². The molecule has 1 aliphatic rings. The van der Waals surface area contributed by atoms with Crippen molar-refractivity contribution in [1.82, 2.24) is 0 Å². The molecule has 0 saturated carbocycles. The summed E-state index contributed by atoms with van der Waals surface area (Å²) in [6, 6.07) is 0. The van der Waals surface area contributed by atoms with E-state index in [9.17, 15) is 0 Å². The number of hydrogen-bond acceptors (Lipinski definition) is 2. The smallest absolute Gasteiger partial charge is 0.163 e. The minimum absolute atomic E-state index is 0.311. The molecule has 0 aromatic carbocycles. The van der Waals surface area contributed by atoms with Gasteiger partial charge in [0.05, 0.1) is 12.7 Å². The number of rotatable bonds is 4. The van der Waals surface area contributed by atoms with Crippen LogP contribution in [0.4, 0.5) is 0 Å². The van der Waals surface area contributed by atoms with Crippen molar-refractivity contribution in [1.29, 1.82) is 0 Å². The molecule has 0 N–H and O–H groups in total. The van der Waals surface area contributed by atoms with Crippen LogP contribution in [-0.4, -0.2) is 18.5 Å². The average Bonchev–Trinajstić information content (AvgIpc) is 2.41. The van der Waals surface area contributed by atoms with Crippen molar-refractivity contribution < 1.29 is 9.47 Å². The highest BCUT2D eigenvalue weighted by molar-refractivity contribution is 4.72. The molecule has 0 bridgehead atoms. The first kappa shape index (κ1) is 12.0. The van der Waals surface area contributed by atoms with E-state index in [1.54, 1.807) is 0 Å². The van der Waals surface area contributed by atoms with Crippen LogP contribution in [0.3, 0.4) is 0 Å². The van der Waals surface area contributed by atoms with Gasteiger partial charge in [-0.2, -0.15) is 0 Å². The highest BCUT2D eigenvalue weighted by atomic mass is 16.7. The second-order valence-electron chi connectivity index (χ2n) is 5.25. The summed E-state index contributed by atoms with van der Waals surface area (Å²) in [6.07, 6.45) is 2.68. The maximum absolute atomic E-state index is 5.76. The molecule has 0 aliphatic carbocycles. The molecule has 1 fully saturated rings. The van der Waals surface area contributed by atoms with Crippen LogP contribution in [0.5, 0.6) is 0 Å². The largest absolute Gasteiger partial charge is 0.348 e. The zero-order valence-electron chi connectivity index (χ0n) is 10.2. The predicted molar refractivity (Wildman–Crippen MR) is 58.1 cm³/mol. The third-order valence-electron chi connectivity index (χ3n) is 3.15. The fourth-order valence-corrected chi connectivity index (χ4v) is 1.69.